The molecule has 0 fully saturated rings. The second kappa shape index (κ2) is 6.88. The van der Waals surface area contributed by atoms with Crippen LogP contribution in [0.1, 0.15) is 11.1 Å². The third-order valence-electron chi connectivity index (χ3n) is 3.08. The first-order valence-corrected chi connectivity index (χ1v) is 6.58. The second-order valence-electron chi connectivity index (χ2n) is 4.52. The third-order valence-corrected chi connectivity index (χ3v) is 3.08. The van der Waals surface area contributed by atoms with Crippen LogP contribution in [0.15, 0.2) is 24.3 Å². The number of aromatic nitrogens is 2. The lowest BCUT2D eigenvalue weighted by Gasteiger charge is -2.09. The van der Waals surface area contributed by atoms with Crippen LogP contribution < -0.4 is 14.8 Å². The Balaban J connectivity index is 1.99. The Hall–Kier alpha value is -2.37. The molecule has 0 amide bonds. The van der Waals surface area contributed by atoms with Gasteiger partial charge in [0.25, 0.3) is 0 Å². The van der Waals surface area contributed by atoms with E-state index in [0.29, 0.717) is 24.3 Å². The molecule has 1 N–H and O–H groups in total. The second-order valence-corrected chi connectivity index (χ2v) is 4.52. The first-order valence-electron chi connectivity index (χ1n) is 6.58. The summed E-state index contributed by atoms with van der Waals surface area (Å²) in [5.74, 6) is 1.08. The predicted molar refractivity (Wildman–Crippen MR) is 78.5 cm³/mol. The van der Waals surface area contributed by atoms with Gasteiger partial charge in [0.05, 0.1) is 20.3 Å². The minimum Gasteiger partial charge on any atom is -0.481 e. The zero-order valence-corrected chi connectivity index (χ0v) is 12.3. The van der Waals surface area contributed by atoms with Gasteiger partial charge in [-0.15, -0.1) is 0 Å². The molecule has 1 heterocycles. The maximum absolute atomic E-state index is 13.0. The van der Waals surface area contributed by atoms with Crippen molar-refractivity contribution in [3.63, 3.8) is 0 Å². The Bertz CT molecular complexity index is 598. The topological polar surface area (TPSA) is 56.3 Å². The van der Waals surface area contributed by atoms with Gasteiger partial charge >= 0.3 is 0 Å². The highest BCUT2D eigenvalue weighted by molar-refractivity contribution is 5.34. The molecule has 5 nitrogen and oxygen atoms in total. The van der Waals surface area contributed by atoms with Gasteiger partial charge in [-0.3, -0.25) is 0 Å². The summed E-state index contributed by atoms with van der Waals surface area (Å²) in [5.41, 5.74) is 2.01. The largest absolute Gasteiger partial charge is 0.481 e. The molecule has 0 saturated heterocycles. The molecule has 0 unspecified atom stereocenters. The number of aryl methyl sites for hydroxylation is 1. The van der Waals surface area contributed by atoms with E-state index in [1.807, 2.05) is 6.92 Å². The highest BCUT2D eigenvalue weighted by Gasteiger charge is 2.05. The summed E-state index contributed by atoms with van der Waals surface area (Å²) in [5, 5.41) is 3.11. The third kappa shape index (κ3) is 4.05. The van der Waals surface area contributed by atoms with Crippen molar-refractivity contribution in [2.75, 3.05) is 26.1 Å². The molecular weight excluding hydrogens is 273 g/mol. The molecule has 1 aromatic carbocycles. The van der Waals surface area contributed by atoms with Gasteiger partial charge in [0.15, 0.2) is 0 Å². The molecule has 0 atom stereocenters. The van der Waals surface area contributed by atoms with Crippen LogP contribution in [0.4, 0.5) is 10.3 Å². The summed E-state index contributed by atoms with van der Waals surface area (Å²) in [6, 6.07) is 6.39. The molecule has 0 aliphatic heterocycles. The van der Waals surface area contributed by atoms with Gasteiger partial charge in [-0.25, -0.2) is 4.39 Å². The quantitative estimate of drug-likeness (QED) is 0.886. The zero-order chi connectivity index (χ0) is 15.2. The summed E-state index contributed by atoms with van der Waals surface area (Å²) in [6.07, 6.45) is 0.745. The molecule has 0 radical (unpaired) electrons. The van der Waals surface area contributed by atoms with E-state index in [4.69, 9.17) is 9.47 Å². The van der Waals surface area contributed by atoms with E-state index in [1.165, 1.54) is 26.4 Å². The van der Waals surface area contributed by atoms with Crippen LogP contribution in [0.3, 0.4) is 0 Å². The molecule has 6 heteroatoms. The number of hydrogen-bond acceptors (Lipinski definition) is 5. The predicted octanol–water partition coefficient (Wildman–Crippen LogP) is 2.60. The van der Waals surface area contributed by atoms with E-state index >= 15 is 0 Å². The van der Waals surface area contributed by atoms with Crippen molar-refractivity contribution in [2.45, 2.75) is 13.3 Å². The molecule has 112 valence electrons. The van der Waals surface area contributed by atoms with Gasteiger partial charge in [-0.2, -0.15) is 9.97 Å². The summed E-state index contributed by atoms with van der Waals surface area (Å²) in [7, 11) is 3.07. The average molecular weight is 291 g/mol. The van der Waals surface area contributed by atoms with Crippen molar-refractivity contribution in [1.82, 2.24) is 9.97 Å². The summed E-state index contributed by atoms with van der Waals surface area (Å²) < 4.78 is 23.2. The fourth-order valence-corrected chi connectivity index (χ4v) is 1.94. The van der Waals surface area contributed by atoms with E-state index in [1.54, 1.807) is 12.1 Å². The van der Waals surface area contributed by atoms with Crippen molar-refractivity contribution in [1.29, 1.82) is 0 Å². The number of nitrogens with one attached hydrogen (secondary N) is 1. The van der Waals surface area contributed by atoms with E-state index in [-0.39, 0.29) is 5.82 Å². The Morgan fingerprint density at radius 1 is 1.10 bits per heavy atom. The molecule has 2 aromatic rings. The highest BCUT2D eigenvalue weighted by atomic mass is 19.1. The smallest absolute Gasteiger partial charge is 0.229 e. The number of nitrogens with zero attached hydrogens (tertiary/aromatic N) is 2. The maximum Gasteiger partial charge on any atom is 0.229 e. The number of hydrogen-bond donors (Lipinski definition) is 1. The molecule has 2 rings (SSSR count). The lowest BCUT2D eigenvalue weighted by atomic mass is 10.1. The van der Waals surface area contributed by atoms with Gasteiger partial charge in [0.1, 0.15) is 5.82 Å². The average Bonchev–Trinajstić information content (AvgIpc) is 2.49. The Kier molecular flexibility index (Phi) is 4.92. The number of methoxy groups -OCH3 is 2. The van der Waals surface area contributed by atoms with Crippen molar-refractivity contribution in [3.8, 4) is 11.8 Å². The maximum atomic E-state index is 13.0. The number of rotatable bonds is 6. The standard InChI is InChI=1S/C15H18FN3O2/c1-10-8-12(16)5-4-11(10)6-7-17-15-18-13(20-2)9-14(19-15)21-3/h4-5,8-9H,6-7H2,1-3H3,(H,17,18,19). The SMILES string of the molecule is COc1cc(OC)nc(NCCc2ccc(F)cc2C)n1. The summed E-state index contributed by atoms with van der Waals surface area (Å²) in [4.78, 5) is 8.37. The van der Waals surface area contributed by atoms with Crippen molar-refractivity contribution >= 4 is 5.95 Å². The number of halogens is 1. The van der Waals surface area contributed by atoms with Gasteiger partial charge in [-0.1, -0.05) is 6.07 Å². The monoisotopic (exact) mass is 291 g/mol. The first-order chi connectivity index (χ1) is 10.1. The van der Waals surface area contributed by atoms with E-state index < -0.39 is 0 Å². The Morgan fingerprint density at radius 2 is 1.76 bits per heavy atom. The fourth-order valence-electron chi connectivity index (χ4n) is 1.94. The number of benzene rings is 1. The number of anilines is 1. The van der Waals surface area contributed by atoms with Crippen molar-refractivity contribution < 1.29 is 13.9 Å². The van der Waals surface area contributed by atoms with Crippen LogP contribution in [-0.4, -0.2) is 30.7 Å². The molecule has 0 aliphatic rings. The molecular formula is C15H18FN3O2. The summed E-state index contributed by atoms with van der Waals surface area (Å²) >= 11 is 0. The van der Waals surface area contributed by atoms with Crippen LogP contribution in [0, 0.1) is 12.7 Å². The normalized spacial score (nSPS) is 10.3. The van der Waals surface area contributed by atoms with E-state index in [0.717, 1.165) is 17.5 Å². The molecule has 0 saturated carbocycles. The molecule has 0 aliphatic carbocycles. The number of ether oxygens (including phenoxy) is 2. The zero-order valence-electron chi connectivity index (χ0n) is 12.3. The van der Waals surface area contributed by atoms with Crippen LogP contribution >= 0.6 is 0 Å². The molecule has 0 bridgehead atoms. The van der Waals surface area contributed by atoms with E-state index in [2.05, 4.69) is 15.3 Å². The minimum atomic E-state index is -0.218. The van der Waals surface area contributed by atoms with Gasteiger partial charge in [-0.05, 0) is 36.6 Å². The molecule has 21 heavy (non-hydrogen) atoms. The highest BCUT2D eigenvalue weighted by Crippen LogP contribution is 2.17. The van der Waals surface area contributed by atoms with Gasteiger partial charge in [0, 0.05) is 6.54 Å². The van der Waals surface area contributed by atoms with Gasteiger partial charge < -0.3 is 14.8 Å². The lowest BCUT2D eigenvalue weighted by molar-refractivity contribution is 0.373. The lowest BCUT2D eigenvalue weighted by Crippen LogP contribution is -2.09. The van der Waals surface area contributed by atoms with Crippen LogP contribution in [0.2, 0.25) is 0 Å². The Labute approximate surface area is 123 Å². The minimum absolute atomic E-state index is 0.218. The van der Waals surface area contributed by atoms with E-state index in [9.17, 15) is 4.39 Å². The van der Waals surface area contributed by atoms with Crippen LogP contribution in [-0.2, 0) is 6.42 Å². The Morgan fingerprint density at radius 3 is 2.33 bits per heavy atom. The van der Waals surface area contributed by atoms with Crippen LogP contribution in [0.5, 0.6) is 11.8 Å². The van der Waals surface area contributed by atoms with Crippen molar-refractivity contribution in [2.24, 2.45) is 0 Å². The first kappa shape index (κ1) is 15.0. The fraction of sp³-hybridized carbons (Fsp3) is 0.333. The van der Waals surface area contributed by atoms with Crippen LogP contribution in [0.25, 0.3) is 0 Å². The van der Waals surface area contributed by atoms with Crippen molar-refractivity contribution in [3.05, 3.63) is 41.2 Å². The van der Waals surface area contributed by atoms with Gasteiger partial charge in [0.2, 0.25) is 17.7 Å². The summed E-state index contributed by atoms with van der Waals surface area (Å²) in [6.45, 7) is 2.52. The molecule has 0 spiro atoms. The molecule has 1 aromatic heterocycles.